The third-order valence-corrected chi connectivity index (χ3v) is 8.12. The fourth-order valence-electron chi connectivity index (χ4n) is 4.90. The van der Waals surface area contributed by atoms with Crippen LogP contribution in [-0.2, 0) is 27.2 Å². The van der Waals surface area contributed by atoms with Crippen molar-refractivity contribution in [2.75, 3.05) is 27.7 Å². The van der Waals surface area contributed by atoms with E-state index in [-0.39, 0.29) is 42.6 Å². The smallest absolute Gasteiger partial charge is 0.246 e. The summed E-state index contributed by atoms with van der Waals surface area (Å²) >= 11 is 0. The number of carbonyl (C=O) groups is 3. The van der Waals surface area contributed by atoms with Gasteiger partial charge in [-0.05, 0) is 62.6 Å². The van der Waals surface area contributed by atoms with Gasteiger partial charge in [0.1, 0.15) is 12.1 Å². The predicted octanol–water partition coefficient (Wildman–Crippen LogP) is 4.23. The van der Waals surface area contributed by atoms with E-state index in [9.17, 15) is 19.5 Å². The number of hydrogen-bond donors (Lipinski definition) is 3. The molecule has 8 heteroatoms. The lowest BCUT2D eigenvalue weighted by Crippen LogP contribution is -2.56. The minimum atomic E-state index is -0.866. The Bertz CT molecular complexity index is 1410. The molecule has 0 bridgehead atoms. The van der Waals surface area contributed by atoms with E-state index in [4.69, 9.17) is 0 Å². The van der Waals surface area contributed by atoms with Gasteiger partial charge in [0.25, 0.3) is 0 Å². The van der Waals surface area contributed by atoms with Gasteiger partial charge in [0.05, 0.1) is 6.10 Å². The van der Waals surface area contributed by atoms with Crippen LogP contribution >= 0.6 is 0 Å². The molecule has 45 heavy (non-hydrogen) atoms. The summed E-state index contributed by atoms with van der Waals surface area (Å²) in [5, 5.41) is 15.8. The fourth-order valence-corrected chi connectivity index (χ4v) is 4.90. The molecule has 0 saturated carbocycles. The SMILES string of the molecule is CNC(C)(C)CC=CC(=O)N(C)[C@H](Cc1ccc(-c2ccccc2)cc1)C(=O)N(C)[C@H](Cc1ccccc1)C(=O)NC[C@@H](C)O. The number of aliphatic hydroxyl groups excluding tert-OH is 1. The maximum absolute atomic E-state index is 14.3. The molecule has 3 aromatic carbocycles. The van der Waals surface area contributed by atoms with Crippen molar-refractivity contribution in [1.82, 2.24) is 20.4 Å². The number of nitrogens with zero attached hydrogens (tertiary/aromatic N) is 2. The minimum absolute atomic E-state index is 0.0650. The number of nitrogens with one attached hydrogen (secondary N) is 2. The first-order valence-electron chi connectivity index (χ1n) is 15.4. The molecule has 0 aliphatic rings. The average Bonchev–Trinajstić information content (AvgIpc) is 3.05. The van der Waals surface area contributed by atoms with Crippen molar-refractivity contribution >= 4 is 17.7 Å². The summed E-state index contributed by atoms with van der Waals surface area (Å²) in [5.74, 6) is -1.02. The Morgan fingerprint density at radius 1 is 0.800 bits per heavy atom. The van der Waals surface area contributed by atoms with Crippen molar-refractivity contribution in [1.29, 1.82) is 0 Å². The number of benzene rings is 3. The van der Waals surface area contributed by atoms with Crippen LogP contribution in [0.2, 0.25) is 0 Å². The average molecular weight is 613 g/mol. The van der Waals surface area contributed by atoms with Gasteiger partial charge in [-0.1, -0.05) is 91.0 Å². The second-order valence-electron chi connectivity index (χ2n) is 12.2. The summed E-state index contributed by atoms with van der Waals surface area (Å²) in [6, 6.07) is 25.8. The highest BCUT2D eigenvalue weighted by Gasteiger charge is 2.35. The number of likely N-dealkylation sites (N-methyl/N-ethyl adjacent to an activating group) is 2. The molecule has 3 amide bonds. The molecule has 3 N–H and O–H groups in total. The second-order valence-corrected chi connectivity index (χ2v) is 12.2. The highest BCUT2D eigenvalue weighted by atomic mass is 16.3. The van der Waals surface area contributed by atoms with Gasteiger partial charge in [-0.2, -0.15) is 0 Å². The summed E-state index contributed by atoms with van der Waals surface area (Å²) < 4.78 is 0. The van der Waals surface area contributed by atoms with Crippen LogP contribution in [0, 0.1) is 0 Å². The molecule has 0 radical (unpaired) electrons. The van der Waals surface area contributed by atoms with E-state index in [1.165, 1.54) is 15.9 Å². The summed E-state index contributed by atoms with van der Waals surface area (Å²) in [6.45, 7) is 5.74. The molecule has 0 saturated heterocycles. The Kier molecular flexibility index (Phi) is 13.1. The van der Waals surface area contributed by atoms with Crippen LogP contribution in [-0.4, -0.2) is 84.0 Å². The zero-order valence-corrected chi connectivity index (χ0v) is 27.4. The molecule has 3 aromatic rings. The number of hydrogen-bond acceptors (Lipinski definition) is 5. The van der Waals surface area contributed by atoms with Crippen LogP contribution in [0.4, 0.5) is 0 Å². The molecule has 0 aliphatic heterocycles. The number of rotatable bonds is 15. The number of amides is 3. The summed E-state index contributed by atoms with van der Waals surface area (Å²) in [7, 11) is 5.11. The van der Waals surface area contributed by atoms with Crippen molar-refractivity contribution in [3.8, 4) is 11.1 Å². The zero-order chi connectivity index (χ0) is 33.0. The van der Waals surface area contributed by atoms with E-state index >= 15 is 0 Å². The topological polar surface area (TPSA) is 102 Å². The van der Waals surface area contributed by atoms with Crippen molar-refractivity contribution in [2.45, 2.75) is 63.8 Å². The highest BCUT2D eigenvalue weighted by Crippen LogP contribution is 2.21. The minimum Gasteiger partial charge on any atom is -0.392 e. The molecular weight excluding hydrogens is 564 g/mol. The van der Waals surface area contributed by atoms with E-state index < -0.39 is 18.2 Å². The molecule has 0 heterocycles. The molecule has 0 aliphatic carbocycles. The molecule has 0 fully saturated rings. The molecule has 8 nitrogen and oxygen atoms in total. The monoisotopic (exact) mass is 612 g/mol. The lowest BCUT2D eigenvalue weighted by Gasteiger charge is -2.34. The first kappa shape index (κ1) is 35.2. The van der Waals surface area contributed by atoms with E-state index in [2.05, 4.69) is 10.6 Å². The number of aliphatic hydroxyl groups is 1. The molecule has 0 unspecified atom stereocenters. The Labute approximate surface area is 268 Å². The normalized spacial score (nSPS) is 13.6. The van der Waals surface area contributed by atoms with Crippen molar-refractivity contribution in [2.24, 2.45) is 0 Å². The quantitative estimate of drug-likeness (QED) is 0.223. The van der Waals surface area contributed by atoms with Crippen LogP contribution < -0.4 is 10.6 Å². The van der Waals surface area contributed by atoms with E-state index in [0.29, 0.717) is 6.42 Å². The maximum atomic E-state index is 14.3. The standard InChI is InChI=1S/C37H48N4O4/c1-27(42)26-39-35(44)32(24-28-14-9-7-10-15-28)41(6)36(45)33(40(5)34(43)18-13-23-37(2,3)38-4)25-29-19-21-31(22-20-29)30-16-11-8-12-17-30/h7-22,27,32-33,38,42H,23-26H2,1-6H3,(H,39,44)/t27-,32-,33-/m1/s1. The first-order chi connectivity index (χ1) is 21.4. The van der Waals surface area contributed by atoms with Gasteiger partial charge in [-0.25, -0.2) is 0 Å². The first-order valence-corrected chi connectivity index (χ1v) is 15.4. The Morgan fingerprint density at radius 3 is 1.91 bits per heavy atom. The number of carbonyl (C=O) groups excluding carboxylic acids is 3. The van der Waals surface area contributed by atoms with Crippen molar-refractivity contribution < 1.29 is 19.5 Å². The summed E-state index contributed by atoms with van der Waals surface area (Å²) in [4.78, 5) is 44.0. The van der Waals surface area contributed by atoms with E-state index in [1.54, 1.807) is 21.0 Å². The third-order valence-electron chi connectivity index (χ3n) is 8.12. The van der Waals surface area contributed by atoms with Gasteiger partial charge >= 0.3 is 0 Å². The van der Waals surface area contributed by atoms with Crippen molar-refractivity contribution in [3.05, 3.63) is 108 Å². The lowest BCUT2D eigenvalue weighted by molar-refractivity contribution is -0.146. The van der Waals surface area contributed by atoms with Gasteiger partial charge in [-0.15, -0.1) is 0 Å². The third kappa shape index (κ3) is 10.7. The zero-order valence-electron chi connectivity index (χ0n) is 27.4. The molecular formula is C37H48N4O4. The van der Waals surface area contributed by atoms with Gasteiger partial charge in [0.2, 0.25) is 17.7 Å². The Morgan fingerprint density at radius 2 is 1.33 bits per heavy atom. The van der Waals surface area contributed by atoms with Crippen LogP contribution in [0.5, 0.6) is 0 Å². The molecule has 240 valence electrons. The van der Waals surface area contributed by atoms with Gasteiger partial charge in [0.15, 0.2) is 0 Å². The Hall–Kier alpha value is -4.27. The van der Waals surface area contributed by atoms with Crippen molar-refractivity contribution in [3.63, 3.8) is 0 Å². The van der Waals surface area contributed by atoms with Gasteiger partial charge < -0.3 is 25.5 Å². The van der Waals surface area contributed by atoms with Gasteiger partial charge in [-0.3, -0.25) is 14.4 Å². The van der Waals surface area contributed by atoms with E-state index in [0.717, 1.165) is 22.3 Å². The summed E-state index contributed by atoms with van der Waals surface area (Å²) in [6.07, 6.45) is 3.77. The fraction of sp³-hybridized carbons (Fsp3) is 0.378. The van der Waals surface area contributed by atoms with Gasteiger partial charge in [0, 0.05) is 39.0 Å². The molecule has 0 spiro atoms. The van der Waals surface area contributed by atoms with Crippen LogP contribution in [0.15, 0.2) is 97.1 Å². The largest absolute Gasteiger partial charge is 0.392 e. The van der Waals surface area contributed by atoms with E-state index in [1.807, 2.05) is 112 Å². The molecule has 3 atom stereocenters. The Balaban J connectivity index is 1.92. The summed E-state index contributed by atoms with van der Waals surface area (Å²) in [5.41, 5.74) is 3.73. The second kappa shape index (κ2) is 16.7. The molecule has 0 aromatic heterocycles. The predicted molar refractivity (Wildman–Crippen MR) is 180 cm³/mol. The van der Waals surface area contributed by atoms with Crippen LogP contribution in [0.1, 0.15) is 38.3 Å². The highest BCUT2D eigenvalue weighted by molar-refractivity contribution is 5.95. The molecule has 3 rings (SSSR count). The maximum Gasteiger partial charge on any atom is 0.246 e. The van der Waals surface area contributed by atoms with Crippen LogP contribution in [0.3, 0.4) is 0 Å². The van der Waals surface area contributed by atoms with Crippen LogP contribution in [0.25, 0.3) is 11.1 Å². The lowest BCUT2D eigenvalue weighted by atomic mass is 9.98.